The zero-order valence-electron chi connectivity index (χ0n) is 9.30. The molecule has 0 spiro atoms. The maximum Gasteiger partial charge on any atom is 0.417 e. The Morgan fingerprint density at radius 3 is 2.37 bits per heavy atom. The van der Waals surface area contributed by atoms with Crippen molar-refractivity contribution in [2.75, 3.05) is 5.73 Å². The van der Waals surface area contributed by atoms with Crippen molar-refractivity contribution in [3.63, 3.8) is 0 Å². The Morgan fingerprint density at radius 2 is 1.74 bits per heavy atom. The van der Waals surface area contributed by atoms with Gasteiger partial charge in [-0.3, -0.25) is 0 Å². The largest absolute Gasteiger partial charge is 0.417 e. The highest BCUT2D eigenvalue weighted by molar-refractivity contribution is 5.74. The van der Waals surface area contributed by atoms with Crippen LogP contribution in [0.3, 0.4) is 0 Å². The maximum atomic E-state index is 13.6. The molecule has 7 heteroatoms. The fourth-order valence-corrected chi connectivity index (χ4v) is 1.56. The van der Waals surface area contributed by atoms with Crippen LogP contribution in [0.5, 0.6) is 0 Å². The molecule has 1 aromatic carbocycles. The second-order valence-electron chi connectivity index (χ2n) is 3.76. The Hall–Kier alpha value is -2.18. The van der Waals surface area contributed by atoms with Gasteiger partial charge in [-0.1, -0.05) is 12.1 Å². The van der Waals surface area contributed by atoms with E-state index in [-0.39, 0.29) is 16.9 Å². The average Bonchev–Trinajstić information content (AvgIpc) is 2.32. The summed E-state index contributed by atoms with van der Waals surface area (Å²) in [5.41, 5.74) is 3.67. The number of nitrogen functional groups attached to an aromatic ring is 1. The van der Waals surface area contributed by atoms with Crippen molar-refractivity contribution in [2.24, 2.45) is 0 Å². The molecule has 0 saturated heterocycles. The fourth-order valence-electron chi connectivity index (χ4n) is 1.56. The van der Waals surface area contributed by atoms with Gasteiger partial charge in [-0.15, -0.1) is 0 Å². The molecule has 19 heavy (non-hydrogen) atoms. The first-order valence-electron chi connectivity index (χ1n) is 5.08. The number of halogens is 5. The molecule has 0 atom stereocenters. The Labute approximate surface area is 104 Å². The number of hydrogen-bond donors (Lipinski definition) is 1. The summed E-state index contributed by atoms with van der Waals surface area (Å²) in [5, 5.41) is 0. The quantitative estimate of drug-likeness (QED) is 0.806. The Balaban J connectivity index is 2.65. The van der Waals surface area contributed by atoms with E-state index in [9.17, 15) is 22.0 Å². The number of pyridine rings is 1. The highest BCUT2D eigenvalue weighted by atomic mass is 19.4. The first-order chi connectivity index (χ1) is 8.80. The van der Waals surface area contributed by atoms with Crippen molar-refractivity contribution >= 4 is 5.82 Å². The standard InChI is InChI=1S/C12H7F5N2/c13-9-3-1-2-7(10(9)14)8-4-6(12(15,16)17)5-19-11(8)18/h1-5H,(H2,18,19). The smallest absolute Gasteiger partial charge is 0.383 e. The van der Waals surface area contributed by atoms with Gasteiger partial charge in [0.2, 0.25) is 0 Å². The lowest BCUT2D eigenvalue weighted by Gasteiger charge is -2.11. The Morgan fingerprint density at radius 1 is 1.05 bits per heavy atom. The number of hydrogen-bond acceptors (Lipinski definition) is 2. The number of aromatic nitrogens is 1. The molecule has 0 aliphatic heterocycles. The molecule has 0 unspecified atom stereocenters. The number of anilines is 1. The topological polar surface area (TPSA) is 38.9 Å². The minimum Gasteiger partial charge on any atom is -0.383 e. The van der Waals surface area contributed by atoms with Gasteiger partial charge in [0, 0.05) is 17.3 Å². The van der Waals surface area contributed by atoms with Gasteiger partial charge in [0.15, 0.2) is 11.6 Å². The summed E-state index contributed by atoms with van der Waals surface area (Å²) in [6.45, 7) is 0. The minimum absolute atomic E-state index is 0.299. The van der Waals surface area contributed by atoms with Crippen molar-refractivity contribution in [1.29, 1.82) is 0 Å². The van der Waals surface area contributed by atoms with E-state index in [0.29, 0.717) is 12.3 Å². The van der Waals surface area contributed by atoms with Crippen molar-refractivity contribution in [3.05, 3.63) is 47.7 Å². The summed E-state index contributed by atoms with van der Waals surface area (Å²) in [4.78, 5) is 3.36. The van der Waals surface area contributed by atoms with Crippen LogP contribution in [-0.2, 0) is 6.18 Å². The number of nitrogens with two attached hydrogens (primary N) is 1. The molecule has 2 nitrogen and oxygen atoms in total. The highest BCUT2D eigenvalue weighted by Gasteiger charge is 2.32. The van der Waals surface area contributed by atoms with Crippen LogP contribution in [0.2, 0.25) is 0 Å². The van der Waals surface area contributed by atoms with Crippen LogP contribution in [0.15, 0.2) is 30.5 Å². The second kappa shape index (κ2) is 4.49. The van der Waals surface area contributed by atoms with Gasteiger partial charge in [0.1, 0.15) is 5.82 Å². The molecule has 2 N–H and O–H groups in total. The van der Waals surface area contributed by atoms with Gasteiger partial charge in [-0.05, 0) is 12.1 Å². The van der Waals surface area contributed by atoms with Crippen molar-refractivity contribution in [3.8, 4) is 11.1 Å². The first kappa shape index (κ1) is 13.3. The maximum absolute atomic E-state index is 13.6. The molecular weight excluding hydrogens is 267 g/mol. The van der Waals surface area contributed by atoms with Gasteiger partial charge in [-0.25, -0.2) is 13.8 Å². The van der Waals surface area contributed by atoms with Gasteiger partial charge in [-0.2, -0.15) is 13.2 Å². The summed E-state index contributed by atoms with van der Waals surface area (Å²) in [7, 11) is 0. The molecule has 2 aromatic rings. The van der Waals surface area contributed by atoms with Gasteiger partial charge in [0.25, 0.3) is 0 Å². The van der Waals surface area contributed by atoms with E-state index in [4.69, 9.17) is 5.73 Å². The van der Waals surface area contributed by atoms with Crippen molar-refractivity contribution in [2.45, 2.75) is 6.18 Å². The van der Waals surface area contributed by atoms with E-state index in [1.165, 1.54) is 6.07 Å². The Kier molecular flexibility index (Phi) is 3.13. The van der Waals surface area contributed by atoms with Crippen LogP contribution in [-0.4, -0.2) is 4.98 Å². The van der Waals surface area contributed by atoms with Crippen LogP contribution in [0.25, 0.3) is 11.1 Å². The number of alkyl halides is 3. The lowest BCUT2D eigenvalue weighted by molar-refractivity contribution is -0.137. The lowest BCUT2D eigenvalue weighted by Crippen LogP contribution is -2.07. The second-order valence-corrected chi connectivity index (χ2v) is 3.76. The summed E-state index contributed by atoms with van der Waals surface area (Å²) >= 11 is 0. The zero-order chi connectivity index (χ0) is 14.2. The SMILES string of the molecule is Nc1ncc(C(F)(F)F)cc1-c1cccc(F)c1F. The van der Waals surface area contributed by atoms with Crippen LogP contribution >= 0.6 is 0 Å². The number of nitrogens with zero attached hydrogens (tertiary/aromatic N) is 1. The summed E-state index contributed by atoms with van der Waals surface area (Å²) in [6.07, 6.45) is -4.10. The molecule has 0 aliphatic carbocycles. The van der Waals surface area contributed by atoms with Crippen molar-refractivity contribution in [1.82, 2.24) is 4.98 Å². The molecular formula is C12H7F5N2. The number of rotatable bonds is 1. The van der Waals surface area contributed by atoms with E-state index in [2.05, 4.69) is 4.98 Å². The predicted molar refractivity (Wildman–Crippen MR) is 59.0 cm³/mol. The number of benzene rings is 1. The van der Waals surface area contributed by atoms with E-state index in [1.807, 2.05) is 0 Å². The highest BCUT2D eigenvalue weighted by Crippen LogP contribution is 2.34. The molecule has 0 bridgehead atoms. The Bertz CT molecular complexity index is 622. The molecule has 100 valence electrons. The van der Waals surface area contributed by atoms with Gasteiger partial charge in [0.05, 0.1) is 5.56 Å². The lowest BCUT2D eigenvalue weighted by atomic mass is 10.0. The molecule has 0 fully saturated rings. The predicted octanol–water partition coefficient (Wildman–Crippen LogP) is 3.63. The molecule has 0 radical (unpaired) electrons. The van der Waals surface area contributed by atoms with E-state index in [1.54, 1.807) is 0 Å². The van der Waals surface area contributed by atoms with Crippen LogP contribution in [0, 0.1) is 11.6 Å². The molecule has 1 heterocycles. The fraction of sp³-hybridized carbons (Fsp3) is 0.0833. The average molecular weight is 274 g/mol. The van der Waals surface area contributed by atoms with E-state index < -0.39 is 23.4 Å². The van der Waals surface area contributed by atoms with Crippen molar-refractivity contribution < 1.29 is 22.0 Å². The monoisotopic (exact) mass is 274 g/mol. The molecule has 0 aliphatic rings. The third-order valence-electron chi connectivity index (χ3n) is 2.49. The summed E-state index contributed by atoms with van der Waals surface area (Å²) in [5.74, 6) is -2.75. The minimum atomic E-state index is -4.64. The molecule has 1 aromatic heterocycles. The molecule has 2 rings (SSSR count). The van der Waals surface area contributed by atoms with Gasteiger partial charge >= 0.3 is 6.18 Å². The van der Waals surface area contributed by atoms with E-state index in [0.717, 1.165) is 12.1 Å². The normalized spacial score (nSPS) is 11.6. The zero-order valence-corrected chi connectivity index (χ0v) is 9.30. The van der Waals surface area contributed by atoms with Gasteiger partial charge < -0.3 is 5.73 Å². The first-order valence-corrected chi connectivity index (χ1v) is 5.08. The van der Waals surface area contributed by atoms with E-state index >= 15 is 0 Å². The molecule has 0 amide bonds. The third kappa shape index (κ3) is 2.49. The summed E-state index contributed by atoms with van der Waals surface area (Å²) in [6, 6.07) is 3.80. The summed E-state index contributed by atoms with van der Waals surface area (Å²) < 4.78 is 64.3. The molecule has 0 saturated carbocycles. The van der Waals surface area contributed by atoms with Crippen LogP contribution in [0.4, 0.5) is 27.8 Å². The van der Waals surface area contributed by atoms with Crippen LogP contribution in [0.1, 0.15) is 5.56 Å². The third-order valence-corrected chi connectivity index (χ3v) is 2.49. The van der Waals surface area contributed by atoms with Crippen LogP contribution < -0.4 is 5.73 Å².